The molecule has 0 aliphatic rings. The van der Waals surface area contributed by atoms with Crippen LogP contribution in [0.4, 0.5) is 5.69 Å². The molecular weight excluding hydrogens is 370 g/mol. The van der Waals surface area contributed by atoms with Gasteiger partial charge < -0.3 is 4.57 Å². The molecule has 2 heterocycles. The summed E-state index contributed by atoms with van der Waals surface area (Å²) >= 11 is 1.69. The van der Waals surface area contributed by atoms with Crippen molar-refractivity contribution in [2.24, 2.45) is 0 Å². The molecule has 0 saturated heterocycles. The van der Waals surface area contributed by atoms with Gasteiger partial charge in [-0.05, 0) is 23.8 Å². The number of para-hydroxylation sites is 2. The minimum absolute atomic E-state index is 0.108. The molecule has 5 rings (SSSR count). The van der Waals surface area contributed by atoms with E-state index in [1.165, 1.54) is 4.70 Å². The molecule has 0 atom stereocenters. The molecule has 5 aromatic rings. The number of benzene rings is 3. The molecule has 136 valence electrons. The molecule has 0 N–H and O–H groups in total. The SMILES string of the molecule is O=[N+]([O-])c1ccc(Cn2cc(-c3nc4ccccc4s3)c3ccccc32)cc1. The third kappa shape index (κ3) is 2.84. The Bertz CT molecular complexity index is 1290. The normalized spacial score (nSPS) is 11.3. The van der Waals surface area contributed by atoms with Crippen molar-refractivity contribution in [3.05, 3.63) is 94.7 Å². The van der Waals surface area contributed by atoms with Crippen molar-refractivity contribution in [2.75, 3.05) is 0 Å². The van der Waals surface area contributed by atoms with Crippen LogP contribution < -0.4 is 0 Å². The number of hydrogen-bond acceptors (Lipinski definition) is 4. The van der Waals surface area contributed by atoms with Crippen molar-refractivity contribution in [1.29, 1.82) is 0 Å². The fourth-order valence-electron chi connectivity index (χ4n) is 3.46. The lowest BCUT2D eigenvalue weighted by atomic mass is 10.2. The number of aromatic nitrogens is 2. The third-order valence-electron chi connectivity index (χ3n) is 4.81. The topological polar surface area (TPSA) is 61.0 Å². The number of fused-ring (bicyclic) bond motifs is 2. The van der Waals surface area contributed by atoms with E-state index in [9.17, 15) is 10.1 Å². The Hall–Kier alpha value is -3.51. The number of hydrogen-bond donors (Lipinski definition) is 0. The van der Waals surface area contributed by atoms with E-state index in [2.05, 4.69) is 29.0 Å². The summed E-state index contributed by atoms with van der Waals surface area (Å²) < 4.78 is 3.35. The number of non-ortho nitro benzene ring substituents is 1. The van der Waals surface area contributed by atoms with Crippen molar-refractivity contribution < 1.29 is 4.92 Å². The first-order chi connectivity index (χ1) is 13.7. The van der Waals surface area contributed by atoms with E-state index in [1.54, 1.807) is 23.5 Å². The van der Waals surface area contributed by atoms with Gasteiger partial charge in [-0.25, -0.2) is 4.98 Å². The summed E-state index contributed by atoms with van der Waals surface area (Å²) in [4.78, 5) is 15.3. The van der Waals surface area contributed by atoms with E-state index < -0.39 is 0 Å². The van der Waals surface area contributed by atoms with Gasteiger partial charge in [0, 0.05) is 41.3 Å². The zero-order valence-electron chi connectivity index (χ0n) is 14.8. The van der Waals surface area contributed by atoms with Crippen LogP contribution in [-0.2, 0) is 6.54 Å². The molecule has 0 aliphatic heterocycles. The molecule has 0 amide bonds. The number of nitro benzene ring substituents is 1. The van der Waals surface area contributed by atoms with Gasteiger partial charge in [-0.15, -0.1) is 11.3 Å². The summed E-state index contributed by atoms with van der Waals surface area (Å²) in [5.41, 5.74) is 4.36. The summed E-state index contributed by atoms with van der Waals surface area (Å²) in [5.74, 6) is 0. The summed E-state index contributed by atoms with van der Waals surface area (Å²) in [6.07, 6.45) is 2.13. The molecule has 5 nitrogen and oxygen atoms in total. The first-order valence-corrected chi connectivity index (χ1v) is 9.68. The molecule has 0 spiro atoms. The van der Waals surface area contributed by atoms with E-state index in [4.69, 9.17) is 4.98 Å². The molecule has 6 heteroatoms. The molecule has 2 aromatic heterocycles. The lowest BCUT2D eigenvalue weighted by Gasteiger charge is -2.05. The molecule has 0 saturated carbocycles. The maximum Gasteiger partial charge on any atom is 0.269 e. The van der Waals surface area contributed by atoms with Crippen molar-refractivity contribution in [3.8, 4) is 10.6 Å². The Balaban J connectivity index is 1.59. The van der Waals surface area contributed by atoms with Crippen LogP contribution in [0.1, 0.15) is 5.56 Å². The van der Waals surface area contributed by atoms with E-state index in [1.807, 2.05) is 42.5 Å². The second-order valence-corrected chi connectivity index (χ2v) is 7.63. The quantitative estimate of drug-likeness (QED) is 0.287. The fourth-order valence-corrected chi connectivity index (χ4v) is 4.44. The van der Waals surface area contributed by atoms with E-state index in [0.29, 0.717) is 6.54 Å². The second-order valence-electron chi connectivity index (χ2n) is 6.60. The van der Waals surface area contributed by atoms with Crippen LogP contribution >= 0.6 is 11.3 Å². The zero-order chi connectivity index (χ0) is 19.1. The van der Waals surface area contributed by atoms with Crippen molar-refractivity contribution in [2.45, 2.75) is 6.54 Å². The molecule has 28 heavy (non-hydrogen) atoms. The third-order valence-corrected chi connectivity index (χ3v) is 5.88. The lowest BCUT2D eigenvalue weighted by Crippen LogP contribution is -1.98. The van der Waals surface area contributed by atoms with E-state index in [-0.39, 0.29) is 10.6 Å². The van der Waals surface area contributed by atoms with Crippen LogP contribution in [0.3, 0.4) is 0 Å². The highest BCUT2D eigenvalue weighted by Crippen LogP contribution is 2.36. The molecule has 0 bridgehead atoms. The van der Waals surface area contributed by atoms with Crippen LogP contribution in [0.5, 0.6) is 0 Å². The maximum absolute atomic E-state index is 10.9. The van der Waals surface area contributed by atoms with Gasteiger partial charge in [0.1, 0.15) is 5.01 Å². The molecule has 0 fully saturated rings. The smallest absolute Gasteiger partial charge is 0.269 e. The van der Waals surface area contributed by atoms with E-state index in [0.717, 1.165) is 32.6 Å². The summed E-state index contributed by atoms with van der Waals surface area (Å²) in [6.45, 7) is 0.642. The molecule has 3 aromatic carbocycles. The van der Waals surface area contributed by atoms with Gasteiger partial charge in [0.2, 0.25) is 0 Å². The lowest BCUT2D eigenvalue weighted by molar-refractivity contribution is -0.384. The Morgan fingerprint density at radius 2 is 1.71 bits per heavy atom. The number of rotatable bonds is 4. The van der Waals surface area contributed by atoms with E-state index >= 15 is 0 Å². The maximum atomic E-state index is 10.9. The Morgan fingerprint density at radius 3 is 2.50 bits per heavy atom. The molecule has 0 aliphatic carbocycles. The van der Waals surface area contributed by atoms with Gasteiger partial charge in [0.05, 0.1) is 15.1 Å². The number of nitrogens with zero attached hydrogens (tertiary/aromatic N) is 3. The van der Waals surface area contributed by atoms with Crippen LogP contribution in [0.2, 0.25) is 0 Å². The molecule has 0 radical (unpaired) electrons. The van der Waals surface area contributed by atoms with Gasteiger partial charge in [0.15, 0.2) is 0 Å². The predicted molar refractivity (Wildman–Crippen MR) is 113 cm³/mol. The fraction of sp³-hybridized carbons (Fsp3) is 0.0455. The Kier molecular flexibility index (Phi) is 3.91. The zero-order valence-corrected chi connectivity index (χ0v) is 15.6. The standard InChI is InChI=1S/C22H15N3O2S/c26-25(27)16-11-9-15(10-12-16)13-24-14-18(17-5-1-3-7-20(17)24)22-23-19-6-2-4-8-21(19)28-22/h1-12,14H,13H2. The largest absolute Gasteiger partial charge is 0.342 e. The predicted octanol–water partition coefficient (Wildman–Crippen LogP) is 5.87. The van der Waals surface area contributed by atoms with Crippen LogP contribution in [-0.4, -0.2) is 14.5 Å². The highest BCUT2D eigenvalue weighted by Gasteiger charge is 2.14. The highest BCUT2D eigenvalue weighted by atomic mass is 32.1. The van der Waals surface area contributed by atoms with Crippen LogP contribution in [0.25, 0.3) is 31.7 Å². The average Bonchev–Trinajstić information content (AvgIpc) is 3.30. The van der Waals surface area contributed by atoms with Crippen LogP contribution in [0, 0.1) is 10.1 Å². The second kappa shape index (κ2) is 6.58. The van der Waals surface area contributed by atoms with Crippen LogP contribution in [0.15, 0.2) is 79.0 Å². The van der Waals surface area contributed by atoms with Gasteiger partial charge in [-0.1, -0.05) is 42.5 Å². The van der Waals surface area contributed by atoms with Gasteiger partial charge in [-0.2, -0.15) is 0 Å². The summed E-state index contributed by atoms with van der Waals surface area (Å²) in [6, 6.07) is 23.1. The summed E-state index contributed by atoms with van der Waals surface area (Å²) in [7, 11) is 0. The first-order valence-electron chi connectivity index (χ1n) is 8.86. The minimum atomic E-state index is -0.375. The van der Waals surface area contributed by atoms with Crippen molar-refractivity contribution in [3.63, 3.8) is 0 Å². The number of nitro groups is 1. The van der Waals surface area contributed by atoms with Gasteiger partial charge >= 0.3 is 0 Å². The molecular formula is C22H15N3O2S. The van der Waals surface area contributed by atoms with Crippen molar-refractivity contribution in [1.82, 2.24) is 9.55 Å². The summed E-state index contributed by atoms with van der Waals surface area (Å²) in [5, 5.41) is 13.0. The first kappa shape index (κ1) is 16.6. The van der Waals surface area contributed by atoms with Gasteiger partial charge in [-0.3, -0.25) is 10.1 Å². The Morgan fingerprint density at radius 1 is 0.964 bits per heavy atom. The minimum Gasteiger partial charge on any atom is -0.342 e. The average molecular weight is 385 g/mol. The Labute approximate surface area is 164 Å². The monoisotopic (exact) mass is 385 g/mol. The highest BCUT2D eigenvalue weighted by molar-refractivity contribution is 7.21. The molecule has 0 unspecified atom stereocenters. The number of thiazole rings is 1. The van der Waals surface area contributed by atoms with Gasteiger partial charge in [0.25, 0.3) is 5.69 Å². The van der Waals surface area contributed by atoms with Crippen molar-refractivity contribution >= 4 is 38.1 Å².